The molecule has 0 bridgehead atoms. The number of fused-ring (bicyclic) bond motifs is 1. The molecule has 3 unspecified atom stereocenters. The van der Waals surface area contributed by atoms with Gasteiger partial charge >= 0.3 is 6.03 Å². The van der Waals surface area contributed by atoms with Crippen molar-refractivity contribution in [1.82, 2.24) is 21.3 Å². The first-order valence-electron chi connectivity index (χ1n) is 6.71. The van der Waals surface area contributed by atoms with Crippen molar-refractivity contribution in [2.75, 3.05) is 13.1 Å². The van der Waals surface area contributed by atoms with Crippen LogP contribution in [0.25, 0.3) is 0 Å². The highest BCUT2D eigenvalue weighted by atomic mass is 16.2. The summed E-state index contributed by atoms with van der Waals surface area (Å²) in [5.74, 6) is 2.38. The number of carbonyl (C=O) groups is 2. The number of unbranched alkanes of at least 4 members (excludes halogenated alkanes) is 1. The van der Waals surface area contributed by atoms with Crippen LogP contribution in [0.2, 0.25) is 0 Å². The summed E-state index contributed by atoms with van der Waals surface area (Å²) in [7, 11) is 0. The number of terminal acetylenes is 1. The number of carbonyl (C=O) groups excluding carboxylic acids is 2. The lowest BCUT2D eigenvalue weighted by atomic mass is 10.0. The number of amides is 3. The summed E-state index contributed by atoms with van der Waals surface area (Å²) < 4.78 is 0. The van der Waals surface area contributed by atoms with E-state index in [1.165, 1.54) is 0 Å². The van der Waals surface area contributed by atoms with Gasteiger partial charge < -0.3 is 21.3 Å². The van der Waals surface area contributed by atoms with Crippen LogP contribution in [0.15, 0.2) is 0 Å². The second-order valence-electron chi connectivity index (χ2n) is 4.99. The Morgan fingerprint density at radius 3 is 3.05 bits per heavy atom. The van der Waals surface area contributed by atoms with Crippen molar-refractivity contribution in [1.29, 1.82) is 0 Å². The van der Waals surface area contributed by atoms with Crippen molar-refractivity contribution in [2.24, 2.45) is 0 Å². The average Bonchev–Trinajstić information content (AvgIpc) is 2.92. The molecule has 2 saturated heterocycles. The maximum atomic E-state index is 11.3. The molecule has 0 spiro atoms. The van der Waals surface area contributed by atoms with Crippen molar-refractivity contribution < 1.29 is 9.59 Å². The van der Waals surface area contributed by atoms with Crippen LogP contribution >= 0.6 is 0 Å². The van der Waals surface area contributed by atoms with Crippen molar-refractivity contribution in [3.05, 3.63) is 0 Å². The predicted molar refractivity (Wildman–Crippen MR) is 71.3 cm³/mol. The fourth-order valence-electron chi connectivity index (χ4n) is 2.69. The van der Waals surface area contributed by atoms with E-state index in [-0.39, 0.29) is 24.0 Å². The summed E-state index contributed by atoms with van der Waals surface area (Å²) in [4.78, 5) is 22.5. The number of nitrogens with one attached hydrogen (secondary N) is 4. The van der Waals surface area contributed by atoms with Gasteiger partial charge in [-0.3, -0.25) is 4.79 Å². The fourth-order valence-corrected chi connectivity index (χ4v) is 2.69. The Hall–Kier alpha value is -1.74. The Morgan fingerprint density at radius 2 is 2.26 bits per heavy atom. The van der Waals surface area contributed by atoms with Crippen LogP contribution in [0.4, 0.5) is 4.79 Å². The molecule has 0 aromatic heterocycles. The largest absolute Gasteiger partial charge is 0.345 e. The van der Waals surface area contributed by atoms with E-state index in [0.29, 0.717) is 19.0 Å². The third-order valence-corrected chi connectivity index (χ3v) is 3.64. The minimum atomic E-state index is -0.0739. The summed E-state index contributed by atoms with van der Waals surface area (Å²) >= 11 is 0. The van der Waals surface area contributed by atoms with E-state index in [0.717, 1.165) is 25.8 Å². The molecule has 2 rings (SSSR count). The monoisotopic (exact) mass is 264 g/mol. The second kappa shape index (κ2) is 6.43. The minimum absolute atomic E-state index is 0.00560. The smallest absolute Gasteiger partial charge is 0.315 e. The molecule has 3 atom stereocenters. The van der Waals surface area contributed by atoms with Crippen molar-refractivity contribution in [2.45, 2.75) is 43.8 Å². The Balaban J connectivity index is 1.60. The molecule has 6 nitrogen and oxygen atoms in total. The highest BCUT2D eigenvalue weighted by Crippen LogP contribution is 2.17. The lowest BCUT2D eigenvalue weighted by Gasteiger charge is -2.17. The molecule has 2 heterocycles. The molecule has 3 amide bonds. The first-order valence-corrected chi connectivity index (χ1v) is 6.71. The molecule has 19 heavy (non-hydrogen) atoms. The van der Waals surface area contributed by atoms with Gasteiger partial charge in [0.1, 0.15) is 0 Å². The van der Waals surface area contributed by atoms with Gasteiger partial charge in [0.2, 0.25) is 5.91 Å². The zero-order valence-corrected chi connectivity index (χ0v) is 10.9. The van der Waals surface area contributed by atoms with Crippen LogP contribution in [0.1, 0.15) is 25.7 Å². The number of urea groups is 1. The average molecular weight is 264 g/mol. The van der Waals surface area contributed by atoms with Crippen LogP contribution in [0.5, 0.6) is 0 Å². The minimum Gasteiger partial charge on any atom is -0.345 e. The topological polar surface area (TPSA) is 82.3 Å². The molecule has 2 fully saturated rings. The van der Waals surface area contributed by atoms with Gasteiger partial charge in [-0.25, -0.2) is 4.79 Å². The fraction of sp³-hybridized carbons (Fsp3) is 0.692. The van der Waals surface area contributed by atoms with Gasteiger partial charge in [-0.1, -0.05) is 12.3 Å². The number of rotatable bonds is 6. The second-order valence-corrected chi connectivity index (χ2v) is 4.99. The molecule has 0 radical (unpaired) electrons. The van der Waals surface area contributed by atoms with Crippen LogP contribution < -0.4 is 21.3 Å². The van der Waals surface area contributed by atoms with Gasteiger partial charge in [0.05, 0.1) is 18.6 Å². The highest BCUT2D eigenvalue weighted by molar-refractivity contribution is 5.78. The molecule has 6 heteroatoms. The molecular weight excluding hydrogens is 244 g/mol. The third-order valence-electron chi connectivity index (χ3n) is 3.64. The summed E-state index contributed by atoms with van der Waals surface area (Å²) in [6.45, 7) is 1.11. The molecule has 0 aromatic carbocycles. The van der Waals surface area contributed by atoms with Gasteiger partial charge in [-0.15, -0.1) is 6.42 Å². The van der Waals surface area contributed by atoms with E-state index >= 15 is 0 Å². The molecule has 2 aliphatic rings. The molecule has 104 valence electrons. The first kappa shape index (κ1) is 13.7. The quantitative estimate of drug-likeness (QED) is 0.379. The highest BCUT2D eigenvalue weighted by Gasteiger charge is 2.41. The van der Waals surface area contributed by atoms with Crippen molar-refractivity contribution in [3.63, 3.8) is 0 Å². The summed E-state index contributed by atoms with van der Waals surface area (Å²) in [5, 5.41) is 11.9. The Kier molecular flexibility index (Phi) is 4.63. The molecule has 0 aromatic rings. The maximum absolute atomic E-state index is 11.3. The Bertz CT molecular complexity index is 391. The van der Waals surface area contributed by atoms with E-state index in [4.69, 9.17) is 6.42 Å². The van der Waals surface area contributed by atoms with Gasteiger partial charge in [-0.05, 0) is 12.8 Å². The van der Waals surface area contributed by atoms with E-state index in [9.17, 15) is 9.59 Å². The van der Waals surface area contributed by atoms with E-state index in [1.54, 1.807) is 0 Å². The van der Waals surface area contributed by atoms with E-state index in [2.05, 4.69) is 27.2 Å². The zero-order chi connectivity index (χ0) is 13.7. The molecule has 2 aliphatic heterocycles. The first-order chi connectivity index (χ1) is 9.20. The van der Waals surface area contributed by atoms with Gasteiger partial charge in [0.25, 0.3) is 0 Å². The van der Waals surface area contributed by atoms with Crippen LogP contribution in [0, 0.1) is 12.3 Å². The zero-order valence-electron chi connectivity index (χ0n) is 10.9. The van der Waals surface area contributed by atoms with Crippen LogP contribution in [0.3, 0.4) is 0 Å². The maximum Gasteiger partial charge on any atom is 0.315 e. The van der Waals surface area contributed by atoms with Crippen LogP contribution in [-0.4, -0.2) is 43.2 Å². The Labute approximate surface area is 113 Å². The standard InChI is InChI=1S/C13H20N4O2/c1-2-7-14-11(18)6-4-3-5-9-12-10(8-15-9)16-13(19)17-12/h1,9-10,12,15H,3-8H2,(H,14,18)(H2,16,17,19). The molecular formula is C13H20N4O2. The summed E-state index contributed by atoms with van der Waals surface area (Å²) in [5.41, 5.74) is 0. The number of hydrogen-bond donors (Lipinski definition) is 4. The van der Waals surface area contributed by atoms with E-state index < -0.39 is 0 Å². The summed E-state index contributed by atoms with van der Waals surface area (Å²) in [6.07, 6.45) is 8.33. The van der Waals surface area contributed by atoms with Crippen molar-refractivity contribution >= 4 is 11.9 Å². The van der Waals surface area contributed by atoms with Gasteiger partial charge in [-0.2, -0.15) is 0 Å². The molecule has 0 aliphatic carbocycles. The van der Waals surface area contributed by atoms with Gasteiger partial charge in [0.15, 0.2) is 0 Å². The lowest BCUT2D eigenvalue weighted by molar-refractivity contribution is -0.120. The van der Waals surface area contributed by atoms with Crippen molar-refractivity contribution in [3.8, 4) is 12.3 Å². The van der Waals surface area contributed by atoms with Gasteiger partial charge in [0, 0.05) is 19.0 Å². The SMILES string of the molecule is C#CCNC(=O)CCCCC1NCC2NC(=O)NC12. The normalized spacial score (nSPS) is 28.2. The Morgan fingerprint density at radius 1 is 1.42 bits per heavy atom. The molecule has 4 N–H and O–H groups in total. The number of hydrogen-bond acceptors (Lipinski definition) is 3. The van der Waals surface area contributed by atoms with Crippen LogP contribution in [-0.2, 0) is 4.79 Å². The molecule has 0 saturated carbocycles. The summed E-state index contributed by atoms with van der Waals surface area (Å²) in [6, 6.07) is 0.618. The third kappa shape index (κ3) is 3.61. The lowest BCUT2D eigenvalue weighted by Crippen LogP contribution is -2.40. The predicted octanol–water partition coefficient (Wildman–Crippen LogP) is -0.682. The van der Waals surface area contributed by atoms with E-state index in [1.807, 2.05) is 0 Å².